The van der Waals surface area contributed by atoms with E-state index in [9.17, 15) is 23.2 Å². The number of hydrogen-bond donors (Lipinski definition) is 0. The summed E-state index contributed by atoms with van der Waals surface area (Å²) in [5.41, 5.74) is 2.41. The van der Waals surface area contributed by atoms with Crippen LogP contribution < -0.4 is 16.0 Å². The maximum Gasteiger partial charge on any atom is 0.332 e. The zero-order valence-corrected chi connectivity index (χ0v) is 21.4. The van der Waals surface area contributed by atoms with Crippen molar-refractivity contribution in [2.45, 2.75) is 31.5 Å². The standard InChI is InChI=1S/C28H27F2N3O4S/c29-14-24(15-30)37-23-5-6-26-25(13-23)27(35)32(28(36)33(26)22-7-10-31(18-34)11-8-22)16-19-1-3-20(4-2-19)21-9-12-38-17-21/h1-6,9,12-13,17-18,22,24H,7-8,10-11,14-16H2. The molecule has 0 aliphatic carbocycles. The van der Waals surface area contributed by atoms with Gasteiger partial charge in [-0.05, 0) is 64.6 Å². The zero-order valence-electron chi connectivity index (χ0n) is 20.6. The summed E-state index contributed by atoms with van der Waals surface area (Å²) in [7, 11) is 0. The average Bonchev–Trinajstić information content (AvgIpc) is 3.50. The summed E-state index contributed by atoms with van der Waals surface area (Å²) in [5, 5.41) is 4.28. The van der Waals surface area contributed by atoms with E-state index in [2.05, 4.69) is 0 Å². The first-order chi connectivity index (χ1) is 18.5. The number of amides is 1. The van der Waals surface area contributed by atoms with E-state index < -0.39 is 30.7 Å². The normalized spacial score (nSPS) is 14.3. The summed E-state index contributed by atoms with van der Waals surface area (Å²) in [4.78, 5) is 40.3. The molecule has 2 aromatic heterocycles. The number of halogens is 2. The minimum atomic E-state index is -1.27. The van der Waals surface area contributed by atoms with Gasteiger partial charge in [0.2, 0.25) is 6.41 Å². The molecule has 3 heterocycles. The van der Waals surface area contributed by atoms with Crippen molar-refractivity contribution in [3.05, 3.63) is 85.7 Å². The molecule has 0 unspecified atom stereocenters. The van der Waals surface area contributed by atoms with Crippen LogP contribution in [0.25, 0.3) is 22.0 Å². The van der Waals surface area contributed by atoms with Crippen LogP contribution in [0.4, 0.5) is 8.78 Å². The number of piperidine rings is 1. The molecule has 198 valence electrons. The minimum Gasteiger partial charge on any atom is -0.485 e. The Kier molecular flexibility index (Phi) is 7.69. The van der Waals surface area contributed by atoms with E-state index in [0.717, 1.165) is 23.1 Å². The van der Waals surface area contributed by atoms with Gasteiger partial charge in [0.05, 0.1) is 17.4 Å². The van der Waals surface area contributed by atoms with E-state index >= 15 is 0 Å². The summed E-state index contributed by atoms with van der Waals surface area (Å²) in [6.07, 6.45) is 0.652. The first kappa shape index (κ1) is 25.8. The van der Waals surface area contributed by atoms with Crippen LogP contribution >= 0.6 is 11.3 Å². The van der Waals surface area contributed by atoms with Crippen LogP contribution in [0.5, 0.6) is 5.75 Å². The van der Waals surface area contributed by atoms with Gasteiger partial charge in [-0.2, -0.15) is 11.3 Å². The molecule has 0 spiro atoms. The molecule has 2 aromatic carbocycles. The summed E-state index contributed by atoms with van der Waals surface area (Å²) in [6.45, 7) is -0.945. The third kappa shape index (κ3) is 5.13. The second kappa shape index (κ2) is 11.3. The Morgan fingerprint density at radius 3 is 2.37 bits per heavy atom. The lowest BCUT2D eigenvalue weighted by atomic mass is 10.0. The van der Waals surface area contributed by atoms with Gasteiger partial charge in [-0.15, -0.1) is 0 Å². The predicted molar refractivity (Wildman–Crippen MR) is 144 cm³/mol. The summed E-state index contributed by atoms with van der Waals surface area (Å²) in [5.74, 6) is 0.155. The summed E-state index contributed by atoms with van der Waals surface area (Å²) < 4.78 is 34.4. The fourth-order valence-electron chi connectivity index (χ4n) is 4.89. The molecular weight excluding hydrogens is 512 g/mol. The first-order valence-electron chi connectivity index (χ1n) is 12.4. The van der Waals surface area contributed by atoms with Gasteiger partial charge in [0.25, 0.3) is 5.56 Å². The quantitative estimate of drug-likeness (QED) is 0.295. The molecule has 4 aromatic rings. The lowest BCUT2D eigenvalue weighted by Gasteiger charge is -2.31. The summed E-state index contributed by atoms with van der Waals surface area (Å²) in [6, 6.07) is 14.1. The number of nitrogens with zero attached hydrogens (tertiary/aromatic N) is 3. The van der Waals surface area contributed by atoms with E-state index in [1.807, 2.05) is 41.1 Å². The zero-order chi connectivity index (χ0) is 26.6. The average molecular weight is 540 g/mol. The van der Waals surface area contributed by atoms with Gasteiger partial charge in [0, 0.05) is 19.1 Å². The van der Waals surface area contributed by atoms with E-state index in [1.165, 1.54) is 16.7 Å². The molecule has 0 N–H and O–H groups in total. The smallest absolute Gasteiger partial charge is 0.332 e. The van der Waals surface area contributed by atoms with Crippen molar-refractivity contribution in [2.75, 3.05) is 26.4 Å². The van der Waals surface area contributed by atoms with E-state index in [-0.39, 0.29) is 23.7 Å². The fraction of sp³-hybridized carbons (Fsp3) is 0.321. The second-order valence-electron chi connectivity index (χ2n) is 9.35. The van der Waals surface area contributed by atoms with Gasteiger partial charge in [0.15, 0.2) is 6.10 Å². The van der Waals surface area contributed by atoms with Gasteiger partial charge in [-0.1, -0.05) is 24.3 Å². The van der Waals surface area contributed by atoms with Crippen LogP contribution in [-0.2, 0) is 11.3 Å². The van der Waals surface area contributed by atoms with E-state index in [1.54, 1.807) is 26.9 Å². The monoisotopic (exact) mass is 539 g/mol. The summed E-state index contributed by atoms with van der Waals surface area (Å²) >= 11 is 1.61. The van der Waals surface area contributed by atoms with Crippen molar-refractivity contribution in [3.8, 4) is 16.9 Å². The van der Waals surface area contributed by atoms with Crippen LogP contribution in [0.1, 0.15) is 24.4 Å². The Labute approximate surface area is 221 Å². The predicted octanol–water partition coefficient (Wildman–Crippen LogP) is 4.42. The van der Waals surface area contributed by atoms with Crippen molar-refractivity contribution in [1.29, 1.82) is 0 Å². The molecule has 1 saturated heterocycles. The van der Waals surface area contributed by atoms with Crippen molar-refractivity contribution < 1.29 is 18.3 Å². The Morgan fingerprint density at radius 1 is 1.00 bits per heavy atom. The topological polar surface area (TPSA) is 73.5 Å². The number of carbonyl (C=O) groups is 1. The maximum atomic E-state index is 13.8. The van der Waals surface area contributed by atoms with E-state index in [4.69, 9.17) is 4.74 Å². The first-order valence-corrected chi connectivity index (χ1v) is 13.3. The van der Waals surface area contributed by atoms with Crippen molar-refractivity contribution >= 4 is 28.6 Å². The van der Waals surface area contributed by atoms with Crippen molar-refractivity contribution in [3.63, 3.8) is 0 Å². The highest BCUT2D eigenvalue weighted by molar-refractivity contribution is 7.08. The second-order valence-corrected chi connectivity index (χ2v) is 10.1. The Hall–Kier alpha value is -3.79. The lowest BCUT2D eigenvalue weighted by Crippen LogP contribution is -2.44. The highest BCUT2D eigenvalue weighted by Gasteiger charge is 2.25. The number of benzene rings is 2. The lowest BCUT2D eigenvalue weighted by molar-refractivity contribution is -0.119. The molecule has 5 rings (SSSR count). The number of carbonyl (C=O) groups excluding carboxylic acids is 1. The highest BCUT2D eigenvalue weighted by atomic mass is 32.1. The Balaban J connectivity index is 1.58. The van der Waals surface area contributed by atoms with E-state index in [0.29, 0.717) is 31.4 Å². The maximum absolute atomic E-state index is 13.8. The molecular formula is C28H27F2N3O4S. The Morgan fingerprint density at radius 2 is 1.74 bits per heavy atom. The minimum absolute atomic E-state index is 0.0629. The Bertz CT molecular complexity index is 1520. The van der Waals surface area contributed by atoms with Crippen LogP contribution in [0.15, 0.2) is 68.9 Å². The van der Waals surface area contributed by atoms with Crippen molar-refractivity contribution in [1.82, 2.24) is 14.0 Å². The molecule has 10 heteroatoms. The van der Waals surface area contributed by atoms with Gasteiger partial charge in [-0.3, -0.25) is 18.7 Å². The number of ether oxygens (including phenoxy) is 1. The third-order valence-electron chi connectivity index (χ3n) is 6.95. The van der Waals surface area contributed by atoms with Crippen molar-refractivity contribution in [2.24, 2.45) is 0 Å². The largest absolute Gasteiger partial charge is 0.485 e. The molecule has 7 nitrogen and oxygen atoms in total. The number of rotatable bonds is 9. The number of likely N-dealkylation sites (tertiary alicyclic amines) is 1. The number of fused-ring (bicyclic) bond motifs is 1. The van der Waals surface area contributed by atoms with Gasteiger partial charge < -0.3 is 9.64 Å². The highest BCUT2D eigenvalue weighted by Crippen LogP contribution is 2.27. The van der Waals surface area contributed by atoms with Crippen LogP contribution in [-0.4, -0.2) is 53.0 Å². The fourth-order valence-corrected chi connectivity index (χ4v) is 5.55. The molecule has 1 fully saturated rings. The molecule has 1 aliphatic rings. The molecule has 1 amide bonds. The van der Waals surface area contributed by atoms with Gasteiger partial charge in [0.1, 0.15) is 19.1 Å². The van der Waals surface area contributed by atoms with Gasteiger partial charge in [-0.25, -0.2) is 13.6 Å². The van der Waals surface area contributed by atoms with Gasteiger partial charge >= 0.3 is 5.69 Å². The number of hydrogen-bond acceptors (Lipinski definition) is 5. The van der Waals surface area contributed by atoms with Crippen LogP contribution in [0.2, 0.25) is 0 Å². The number of thiophene rings is 1. The van der Waals surface area contributed by atoms with Crippen LogP contribution in [0.3, 0.4) is 0 Å². The SMILES string of the molecule is O=CN1CCC(n2c(=O)n(Cc3ccc(-c4ccsc4)cc3)c(=O)c3cc(OC(CF)CF)ccc32)CC1. The molecule has 1 aliphatic heterocycles. The molecule has 0 radical (unpaired) electrons. The molecule has 38 heavy (non-hydrogen) atoms. The van der Waals surface area contributed by atoms with Crippen LogP contribution in [0, 0.1) is 0 Å². The third-order valence-corrected chi connectivity index (χ3v) is 7.63. The number of aromatic nitrogens is 2. The molecule has 0 atom stereocenters. The molecule has 0 bridgehead atoms. The molecule has 0 saturated carbocycles. The number of alkyl halides is 2.